The van der Waals surface area contributed by atoms with Crippen LogP contribution < -0.4 is 14.8 Å². The van der Waals surface area contributed by atoms with E-state index in [4.69, 9.17) is 24.3 Å². The first-order valence-electron chi connectivity index (χ1n) is 9.65. The van der Waals surface area contributed by atoms with E-state index in [0.29, 0.717) is 24.7 Å². The van der Waals surface area contributed by atoms with E-state index in [2.05, 4.69) is 17.1 Å². The molecule has 0 spiro atoms. The van der Waals surface area contributed by atoms with Gasteiger partial charge in [0.05, 0.1) is 26.9 Å². The van der Waals surface area contributed by atoms with Gasteiger partial charge in [-0.3, -0.25) is 0 Å². The van der Waals surface area contributed by atoms with Crippen LogP contribution in [0.5, 0.6) is 11.5 Å². The molecule has 2 N–H and O–H groups in total. The average molecular weight is 380 g/mol. The van der Waals surface area contributed by atoms with E-state index < -0.39 is 0 Å². The zero-order chi connectivity index (χ0) is 19.5. The number of nitrogens with zero attached hydrogens (tertiary/aromatic N) is 2. The number of likely N-dealkylation sites (N-methyl/N-ethyl adjacent to an activating group) is 1. The quantitative estimate of drug-likeness (QED) is 0.328. The number of ether oxygens (including phenoxy) is 3. The topological polar surface area (TPSA) is 75.6 Å². The van der Waals surface area contributed by atoms with Crippen LogP contribution in [0.25, 0.3) is 0 Å². The number of aliphatic hydroxyl groups is 1. The van der Waals surface area contributed by atoms with Crippen molar-refractivity contribution < 1.29 is 19.3 Å². The minimum absolute atomic E-state index is 0.0298. The van der Waals surface area contributed by atoms with Gasteiger partial charge in [0.25, 0.3) is 0 Å². The molecule has 152 valence electrons. The maximum absolute atomic E-state index is 8.90. The first-order valence-corrected chi connectivity index (χ1v) is 9.65. The summed E-state index contributed by atoms with van der Waals surface area (Å²) in [5, 5.41) is 12.2. The molecule has 0 aromatic heterocycles. The van der Waals surface area contributed by atoms with Gasteiger partial charge in [-0.25, -0.2) is 4.99 Å². The number of aliphatic imine (C=N–C) groups is 1. The zero-order valence-corrected chi connectivity index (χ0v) is 16.7. The molecule has 0 amide bonds. The summed E-state index contributed by atoms with van der Waals surface area (Å²) in [6.45, 7) is 6.01. The van der Waals surface area contributed by atoms with Crippen molar-refractivity contribution in [2.75, 3.05) is 53.7 Å². The minimum Gasteiger partial charge on any atom is -0.493 e. The Morgan fingerprint density at radius 2 is 2.11 bits per heavy atom. The van der Waals surface area contributed by atoms with Crippen LogP contribution in [-0.2, 0) is 11.3 Å². The van der Waals surface area contributed by atoms with Gasteiger partial charge >= 0.3 is 0 Å². The second kappa shape index (κ2) is 11.7. The third kappa shape index (κ3) is 7.64. The van der Waals surface area contributed by atoms with Crippen molar-refractivity contribution in [3.8, 4) is 11.5 Å². The summed E-state index contributed by atoms with van der Waals surface area (Å²) in [6, 6.07) is 5.72. The van der Waals surface area contributed by atoms with E-state index in [1.807, 2.05) is 25.2 Å². The van der Waals surface area contributed by atoms with Crippen molar-refractivity contribution in [1.29, 1.82) is 0 Å². The van der Waals surface area contributed by atoms with Gasteiger partial charge in [-0.05, 0) is 43.4 Å². The third-order valence-corrected chi connectivity index (χ3v) is 4.31. The van der Waals surface area contributed by atoms with Crippen LogP contribution in [0, 0.1) is 5.92 Å². The van der Waals surface area contributed by atoms with Crippen LogP contribution in [-0.4, -0.2) is 69.6 Å². The molecule has 1 fully saturated rings. The van der Waals surface area contributed by atoms with E-state index in [1.165, 1.54) is 12.8 Å². The van der Waals surface area contributed by atoms with Crippen LogP contribution in [0.2, 0.25) is 0 Å². The lowest BCUT2D eigenvalue weighted by Gasteiger charge is -2.22. The molecule has 0 heterocycles. The highest BCUT2D eigenvalue weighted by atomic mass is 16.5. The molecule has 1 aromatic carbocycles. The number of rotatable bonds is 12. The smallest absolute Gasteiger partial charge is 0.194 e. The molecule has 7 heteroatoms. The average Bonchev–Trinajstić information content (AvgIpc) is 3.51. The Bertz CT molecular complexity index is 591. The summed E-state index contributed by atoms with van der Waals surface area (Å²) in [5.41, 5.74) is 1.02. The van der Waals surface area contributed by atoms with Crippen LogP contribution in [0.3, 0.4) is 0 Å². The molecule has 1 aliphatic rings. The van der Waals surface area contributed by atoms with E-state index in [1.54, 1.807) is 7.11 Å². The molecule has 2 rings (SSSR count). The number of aliphatic hydroxyl groups excluding tert-OH is 1. The Hall–Kier alpha value is -1.99. The molecule has 1 aliphatic carbocycles. The fraction of sp³-hybridized carbons (Fsp3) is 0.650. The van der Waals surface area contributed by atoms with Crippen molar-refractivity contribution in [3.63, 3.8) is 0 Å². The van der Waals surface area contributed by atoms with Gasteiger partial charge in [0, 0.05) is 26.7 Å². The molecule has 0 bridgehead atoms. The number of hydrogen-bond acceptors (Lipinski definition) is 5. The molecule has 1 aromatic rings. The van der Waals surface area contributed by atoms with Crippen molar-refractivity contribution in [2.24, 2.45) is 10.9 Å². The van der Waals surface area contributed by atoms with Gasteiger partial charge in [0.2, 0.25) is 0 Å². The normalized spacial score (nSPS) is 14.1. The van der Waals surface area contributed by atoms with E-state index >= 15 is 0 Å². The highest BCUT2D eigenvalue weighted by molar-refractivity contribution is 5.79. The fourth-order valence-electron chi connectivity index (χ4n) is 2.56. The second-order valence-corrected chi connectivity index (χ2v) is 6.67. The standard InChI is InChI=1S/C20H33N3O4/c1-4-21-20(23(2)9-11-26-15-16-5-6-16)22-14-17-7-8-18(27-12-10-24)19(13-17)25-3/h7-8,13,16,24H,4-6,9-12,14-15H2,1-3H3,(H,21,22). The van der Waals surface area contributed by atoms with E-state index in [9.17, 15) is 0 Å². The second-order valence-electron chi connectivity index (χ2n) is 6.67. The van der Waals surface area contributed by atoms with E-state index in [0.717, 1.165) is 37.1 Å². The van der Waals surface area contributed by atoms with Crippen molar-refractivity contribution in [3.05, 3.63) is 23.8 Å². The monoisotopic (exact) mass is 379 g/mol. The third-order valence-electron chi connectivity index (χ3n) is 4.31. The minimum atomic E-state index is -0.0298. The molecule has 1 saturated carbocycles. The van der Waals surface area contributed by atoms with Crippen molar-refractivity contribution in [2.45, 2.75) is 26.3 Å². The summed E-state index contributed by atoms with van der Waals surface area (Å²) in [6.07, 6.45) is 2.63. The number of nitrogens with one attached hydrogen (secondary N) is 1. The lowest BCUT2D eigenvalue weighted by molar-refractivity contribution is 0.115. The Morgan fingerprint density at radius 3 is 2.78 bits per heavy atom. The highest BCUT2D eigenvalue weighted by Crippen LogP contribution is 2.29. The first-order chi connectivity index (χ1) is 13.2. The van der Waals surface area contributed by atoms with E-state index in [-0.39, 0.29) is 13.2 Å². The van der Waals surface area contributed by atoms with Crippen molar-refractivity contribution in [1.82, 2.24) is 10.2 Å². The van der Waals surface area contributed by atoms with Gasteiger partial charge in [0.15, 0.2) is 17.5 Å². The Balaban J connectivity index is 1.91. The van der Waals surface area contributed by atoms with Crippen LogP contribution in [0.4, 0.5) is 0 Å². The van der Waals surface area contributed by atoms with Gasteiger partial charge in [-0.2, -0.15) is 0 Å². The zero-order valence-electron chi connectivity index (χ0n) is 16.7. The maximum Gasteiger partial charge on any atom is 0.194 e. The van der Waals surface area contributed by atoms with Gasteiger partial charge in [-0.1, -0.05) is 6.07 Å². The Labute approximate surface area is 162 Å². The Morgan fingerprint density at radius 1 is 1.30 bits per heavy atom. The summed E-state index contributed by atoms with van der Waals surface area (Å²) >= 11 is 0. The number of hydrogen-bond donors (Lipinski definition) is 2. The van der Waals surface area contributed by atoms with Crippen LogP contribution >= 0.6 is 0 Å². The predicted octanol–water partition coefficient (Wildman–Crippen LogP) is 1.89. The summed E-state index contributed by atoms with van der Waals surface area (Å²) < 4.78 is 16.6. The van der Waals surface area contributed by atoms with Crippen molar-refractivity contribution >= 4 is 5.96 Å². The SMILES string of the molecule is CCNC(=NCc1ccc(OCCO)c(OC)c1)N(C)CCOCC1CC1. The first kappa shape index (κ1) is 21.3. The van der Waals surface area contributed by atoms with Crippen LogP contribution in [0.1, 0.15) is 25.3 Å². The highest BCUT2D eigenvalue weighted by Gasteiger charge is 2.21. The number of methoxy groups -OCH3 is 1. The van der Waals surface area contributed by atoms with Gasteiger partial charge in [-0.15, -0.1) is 0 Å². The molecule has 7 nitrogen and oxygen atoms in total. The fourth-order valence-corrected chi connectivity index (χ4v) is 2.56. The number of benzene rings is 1. The lowest BCUT2D eigenvalue weighted by Crippen LogP contribution is -2.40. The lowest BCUT2D eigenvalue weighted by atomic mass is 10.2. The van der Waals surface area contributed by atoms with Crippen LogP contribution in [0.15, 0.2) is 23.2 Å². The molecule has 27 heavy (non-hydrogen) atoms. The predicted molar refractivity (Wildman–Crippen MR) is 107 cm³/mol. The molecule has 0 atom stereocenters. The molecular weight excluding hydrogens is 346 g/mol. The summed E-state index contributed by atoms with van der Waals surface area (Å²) in [4.78, 5) is 6.81. The number of guanidine groups is 1. The summed E-state index contributed by atoms with van der Waals surface area (Å²) in [5.74, 6) is 2.91. The molecule has 0 unspecified atom stereocenters. The summed E-state index contributed by atoms with van der Waals surface area (Å²) in [7, 11) is 3.63. The largest absolute Gasteiger partial charge is 0.493 e. The van der Waals surface area contributed by atoms with Gasteiger partial charge < -0.3 is 29.5 Å². The Kier molecular flexibility index (Phi) is 9.21. The molecule has 0 aliphatic heterocycles. The molecule has 0 radical (unpaired) electrons. The maximum atomic E-state index is 8.90. The van der Waals surface area contributed by atoms with Gasteiger partial charge in [0.1, 0.15) is 6.61 Å². The molecular formula is C20H33N3O4. The molecule has 0 saturated heterocycles.